The van der Waals surface area contributed by atoms with Gasteiger partial charge in [0.1, 0.15) is 5.82 Å². The molecular formula is C22H31N5. The van der Waals surface area contributed by atoms with Crippen molar-refractivity contribution >= 4 is 11.8 Å². The van der Waals surface area contributed by atoms with E-state index in [0.717, 1.165) is 63.5 Å². The highest BCUT2D eigenvalue weighted by atomic mass is 15.3. The Morgan fingerprint density at radius 1 is 0.889 bits per heavy atom. The number of piperazine rings is 1. The second-order valence-corrected chi connectivity index (χ2v) is 7.76. The second-order valence-electron chi connectivity index (χ2n) is 7.76. The summed E-state index contributed by atoms with van der Waals surface area (Å²) in [5.74, 6) is 2.76. The Morgan fingerprint density at radius 2 is 1.63 bits per heavy atom. The van der Waals surface area contributed by atoms with Crippen LogP contribution in [0.3, 0.4) is 0 Å². The van der Waals surface area contributed by atoms with Gasteiger partial charge in [-0.3, -0.25) is 0 Å². The van der Waals surface area contributed by atoms with Crippen molar-refractivity contribution in [1.82, 2.24) is 14.9 Å². The van der Waals surface area contributed by atoms with E-state index in [2.05, 4.69) is 63.0 Å². The summed E-state index contributed by atoms with van der Waals surface area (Å²) in [5.41, 5.74) is 1.46. The van der Waals surface area contributed by atoms with Crippen LogP contribution in [0.15, 0.2) is 42.6 Å². The number of aromatic nitrogens is 2. The van der Waals surface area contributed by atoms with E-state index in [1.54, 1.807) is 0 Å². The Labute approximate surface area is 163 Å². The van der Waals surface area contributed by atoms with E-state index in [4.69, 9.17) is 4.98 Å². The van der Waals surface area contributed by atoms with Gasteiger partial charge in [-0.15, -0.1) is 0 Å². The quantitative estimate of drug-likeness (QED) is 0.814. The monoisotopic (exact) mass is 365 g/mol. The number of nitrogens with zero attached hydrogens (tertiary/aromatic N) is 5. The summed E-state index contributed by atoms with van der Waals surface area (Å²) < 4.78 is 0. The molecule has 0 spiro atoms. The molecule has 5 heteroatoms. The topological polar surface area (TPSA) is 35.5 Å². The molecule has 1 aromatic carbocycles. The lowest BCUT2D eigenvalue weighted by Crippen LogP contribution is -2.46. The first-order chi connectivity index (χ1) is 13.3. The zero-order valence-electron chi connectivity index (χ0n) is 16.4. The lowest BCUT2D eigenvalue weighted by molar-refractivity contribution is 0.270. The maximum Gasteiger partial charge on any atom is 0.227 e. The second kappa shape index (κ2) is 8.70. The van der Waals surface area contributed by atoms with Crippen LogP contribution in [0.2, 0.25) is 0 Å². The smallest absolute Gasteiger partial charge is 0.227 e. The molecule has 2 aliphatic heterocycles. The van der Waals surface area contributed by atoms with E-state index in [0.29, 0.717) is 0 Å². The molecule has 0 unspecified atom stereocenters. The normalized spacial score (nSPS) is 19.4. The standard InChI is InChI=1S/C22H31N5/c1-2-25-14-16-26(17-15-25)21-8-11-23-22(24-21)27-12-9-20(10-13-27)18-19-6-4-3-5-7-19/h3-8,11,20H,2,9-10,12-18H2,1H3. The predicted molar refractivity (Wildman–Crippen MR) is 111 cm³/mol. The average molecular weight is 366 g/mol. The third kappa shape index (κ3) is 4.59. The van der Waals surface area contributed by atoms with Crippen LogP contribution in [-0.4, -0.2) is 60.7 Å². The molecular weight excluding hydrogens is 334 g/mol. The lowest BCUT2D eigenvalue weighted by Gasteiger charge is -2.36. The molecule has 0 N–H and O–H groups in total. The van der Waals surface area contributed by atoms with Crippen LogP contribution in [0.4, 0.5) is 11.8 Å². The molecule has 0 saturated carbocycles. The number of piperidine rings is 1. The Kier molecular flexibility index (Phi) is 5.87. The van der Waals surface area contributed by atoms with E-state index in [9.17, 15) is 0 Å². The SMILES string of the molecule is CCN1CCN(c2ccnc(N3CCC(Cc4ccccc4)CC3)n2)CC1. The molecule has 144 valence electrons. The first-order valence-electron chi connectivity index (χ1n) is 10.4. The largest absolute Gasteiger partial charge is 0.354 e. The van der Waals surface area contributed by atoms with E-state index >= 15 is 0 Å². The van der Waals surface area contributed by atoms with Crippen molar-refractivity contribution in [3.63, 3.8) is 0 Å². The first-order valence-corrected chi connectivity index (χ1v) is 10.4. The van der Waals surface area contributed by atoms with Crippen molar-refractivity contribution in [3.05, 3.63) is 48.2 Å². The van der Waals surface area contributed by atoms with E-state index in [1.807, 2.05) is 6.20 Å². The summed E-state index contributed by atoms with van der Waals surface area (Å²) in [6.07, 6.45) is 5.56. The van der Waals surface area contributed by atoms with Crippen molar-refractivity contribution in [2.45, 2.75) is 26.2 Å². The van der Waals surface area contributed by atoms with Gasteiger partial charge in [0.2, 0.25) is 5.95 Å². The summed E-state index contributed by atoms with van der Waals surface area (Å²) in [4.78, 5) is 16.7. The van der Waals surface area contributed by atoms with Gasteiger partial charge in [0.05, 0.1) is 0 Å². The number of likely N-dealkylation sites (N-methyl/N-ethyl adjacent to an activating group) is 1. The number of hydrogen-bond donors (Lipinski definition) is 0. The molecule has 2 aromatic rings. The summed E-state index contributed by atoms with van der Waals surface area (Å²) in [7, 11) is 0. The highest BCUT2D eigenvalue weighted by Gasteiger charge is 2.23. The van der Waals surface area contributed by atoms with Crippen molar-refractivity contribution < 1.29 is 0 Å². The Hall–Kier alpha value is -2.14. The Bertz CT molecular complexity index is 704. The molecule has 2 saturated heterocycles. The predicted octanol–water partition coefficient (Wildman–Crippen LogP) is 3.08. The van der Waals surface area contributed by atoms with Gasteiger partial charge < -0.3 is 14.7 Å². The number of anilines is 2. The minimum absolute atomic E-state index is 0.772. The molecule has 0 aliphatic carbocycles. The summed E-state index contributed by atoms with van der Waals surface area (Å²) in [6.45, 7) is 9.87. The summed E-state index contributed by atoms with van der Waals surface area (Å²) in [6, 6.07) is 12.9. The number of benzene rings is 1. The minimum Gasteiger partial charge on any atom is -0.354 e. The fourth-order valence-electron chi connectivity index (χ4n) is 4.25. The molecule has 0 bridgehead atoms. The lowest BCUT2D eigenvalue weighted by atomic mass is 9.90. The van der Waals surface area contributed by atoms with Crippen LogP contribution >= 0.6 is 0 Å². The highest BCUT2D eigenvalue weighted by Crippen LogP contribution is 2.25. The first kappa shape index (κ1) is 18.2. The van der Waals surface area contributed by atoms with Crippen LogP contribution in [0, 0.1) is 5.92 Å². The van der Waals surface area contributed by atoms with Gasteiger partial charge >= 0.3 is 0 Å². The third-order valence-electron chi connectivity index (χ3n) is 6.04. The average Bonchev–Trinajstić information content (AvgIpc) is 2.75. The van der Waals surface area contributed by atoms with Crippen molar-refractivity contribution in [1.29, 1.82) is 0 Å². The van der Waals surface area contributed by atoms with E-state index in [1.165, 1.54) is 24.8 Å². The number of rotatable bonds is 5. The van der Waals surface area contributed by atoms with Crippen molar-refractivity contribution in [2.75, 3.05) is 55.6 Å². The maximum atomic E-state index is 4.90. The van der Waals surface area contributed by atoms with Gasteiger partial charge in [0.15, 0.2) is 0 Å². The third-order valence-corrected chi connectivity index (χ3v) is 6.04. The summed E-state index contributed by atoms with van der Waals surface area (Å²) >= 11 is 0. The van der Waals surface area contributed by atoms with Crippen molar-refractivity contribution in [3.8, 4) is 0 Å². The van der Waals surface area contributed by atoms with Gasteiger partial charge in [-0.05, 0) is 43.4 Å². The Morgan fingerprint density at radius 3 is 2.33 bits per heavy atom. The van der Waals surface area contributed by atoms with Gasteiger partial charge in [-0.2, -0.15) is 4.98 Å². The van der Waals surface area contributed by atoms with Crippen LogP contribution in [0.25, 0.3) is 0 Å². The van der Waals surface area contributed by atoms with Crippen molar-refractivity contribution in [2.24, 2.45) is 5.92 Å². The molecule has 27 heavy (non-hydrogen) atoms. The molecule has 3 heterocycles. The number of hydrogen-bond acceptors (Lipinski definition) is 5. The fourth-order valence-corrected chi connectivity index (χ4v) is 4.25. The fraction of sp³-hybridized carbons (Fsp3) is 0.545. The van der Waals surface area contributed by atoms with Crippen LogP contribution in [0.1, 0.15) is 25.3 Å². The van der Waals surface area contributed by atoms with Gasteiger partial charge in [-0.25, -0.2) is 4.98 Å². The molecule has 2 aliphatic rings. The molecule has 0 amide bonds. The molecule has 0 atom stereocenters. The maximum absolute atomic E-state index is 4.90. The van der Waals surface area contributed by atoms with Crippen LogP contribution in [-0.2, 0) is 6.42 Å². The van der Waals surface area contributed by atoms with Crippen LogP contribution in [0.5, 0.6) is 0 Å². The van der Waals surface area contributed by atoms with Gasteiger partial charge in [-0.1, -0.05) is 37.3 Å². The van der Waals surface area contributed by atoms with E-state index < -0.39 is 0 Å². The molecule has 5 nitrogen and oxygen atoms in total. The molecule has 4 rings (SSSR count). The zero-order valence-corrected chi connectivity index (χ0v) is 16.4. The van der Waals surface area contributed by atoms with E-state index in [-0.39, 0.29) is 0 Å². The molecule has 2 fully saturated rings. The highest BCUT2D eigenvalue weighted by molar-refractivity contribution is 5.44. The molecule has 1 aromatic heterocycles. The van der Waals surface area contributed by atoms with Crippen LogP contribution < -0.4 is 9.80 Å². The minimum atomic E-state index is 0.772. The van der Waals surface area contributed by atoms with Gasteiger partial charge in [0.25, 0.3) is 0 Å². The summed E-state index contributed by atoms with van der Waals surface area (Å²) in [5, 5.41) is 0. The van der Waals surface area contributed by atoms with Gasteiger partial charge in [0, 0.05) is 45.5 Å². The zero-order chi connectivity index (χ0) is 18.5. The molecule has 0 radical (unpaired) electrons. The Balaban J connectivity index is 1.33.